The lowest BCUT2D eigenvalue weighted by molar-refractivity contribution is 0.0525. The fourth-order valence-electron chi connectivity index (χ4n) is 1.08. The first-order chi connectivity index (χ1) is 7.10. The molecule has 3 nitrogen and oxygen atoms in total. The molecule has 0 bridgehead atoms. The summed E-state index contributed by atoms with van der Waals surface area (Å²) >= 11 is 3.92. The summed E-state index contributed by atoms with van der Waals surface area (Å²) in [4.78, 5) is 11.6. The molecule has 1 aromatic carbocycles. The van der Waals surface area contributed by atoms with E-state index in [4.69, 9.17) is 5.26 Å². The molecule has 0 aromatic heterocycles. The summed E-state index contributed by atoms with van der Waals surface area (Å²) in [5.41, 5.74) is -0.407. The van der Waals surface area contributed by atoms with E-state index in [0.717, 1.165) is 6.07 Å². The number of hydrogen-bond donors (Lipinski definition) is 1. The second-order valence-electron chi connectivity index (χ2n) is 2.68. The number of esters is 1. The van der Waals surface area contributed by atoms with E-state index >= 15 is 0 Å². The Morgan fingerprint density at radius 1 is 1.67 bits per heavy atom. The summed E-state index contributed by atoms with van der Waals surface area (Å²) in [5, 5.41) is 8.68. The fourth-order valence-corrected chi connectivity index (χ4v) is 1.32. The SMILES string of the molecule is CCOC(=O)c1cc(S)cc(F)c1C#N. The minimum absolute atomic E-state index is 0.0932. The first-order valence-corrected chi connectivity index (χ1v) is 4.64. The molecule has 78 valence electrons. The van der Waals surface area contributed by atoms with E-state index in [9.17, 15) is 9.18 Å². The average Bonchev–Trinajstić information content (AvgIpc) is 2.17. The number of hydrogen-bond acceptors (Lipinski definition) is 4. The van der Waals surface area contributed by atoms with Crippen LogP contribution in [0.5, 0.6) is 0 Å². The molecule has 0 fully saturated rings. The van der Waals surface area contributed by atoms with Gasteiger partial charge in [0.1, 0.15) is 17.4 Å². The molecule has 0 aliphatic carbocycles. The zero-order valence-electron chi connectivity index (χ0n) is 7.95. The molecule has 0 saturated carbocycles. The Hall–Kier alpha value is -1.54. The number of carbonyl (C=O) groups is 1. The third-order valence-corrected chi connectivity index (χ3v) is 1.94. The van der Waals surface area contributed by atoms with Crippen molar-refractivity contribution in [2.24, 2.45) is 0 Å². The third kappa shape index (κ3) is 2.48. The number of ether oxygens (including phenoxy) is 1. The minimum atomic E-state index is -0.770. The number of nitrogens with zero attached hydrogens (tertiary/aromatic N) is 1. The molecule has 0 aliphatic heterocycles. The van der Waals surface area contributed by atoms with Gasteiger partial charge >= 0.3 is 5.97 Å². The highest BCUT2D eigenvalue weighted by Crippen LogP contribution is 2.19. The predicted molar refractivity (Wildman–Crippen MR) is 54.3 cm³/mol. The summed E-state index contributed by atoms with van der Waals surface area (Å²) in [5.74, 6) is -1.49. The van der Waals surface area contributed by atoms with E-state index in [1.165, 1.54) is 6.07 Å². The number of rotatable bonds is 2. The Balaban J connectivity index is 3.28. The largest absolute Gasteiger partial charge is 0.462 e. The monoisotopic (exact) mass is 225 g/mol. The van der Waals surface area contributed by atoms with Gasteiger partial charge in [-0.25, -0.2) is 9.18 Å². The molecule has 5 heteroatoms. The molecule has 0 unspecified atom stereocenters. The predicted octanol–water partition coefficient (Wildman–Crippen LogP) is 2.16. The topological polar surface area (TPSA) is 50.1 Å². The smallest absolute Gasteiger partial charge is 0.339 e. The van der Waals surface area contributed by atoms with Crippen LogP contribution in [0.1, 0.15) is 22.8 Å². The van der Waals surface area contributed by atoms with Crippen LogP contribution in [0.15, 0.2) is 17.0 Å². The van der Waals surface area contributed by atoms with E-state index < -0.39 is 11.8 Å². The molecule has 0 atom stereocenters. The van der Waals surface area contributed by atoms with Gasteiger partial charge in [-0.2, -0.15) is 5.26 Å². The third-order valence-electron chi connectivity index (χ3n) is 1.68. The van der Waals surface area contributed by atoms with Crippen molar-refractivity contribution in [1.82, 2.24) is 0 Å². The van der Waals surface area contributed by atoms with Gasteiger partial charge < -0.3 is 4.74 Å². The van der Waals surface area contributed by atoms with E-state index in [2.05, 4.69) is 17.4 Å². The Bertz CT molecular complexity index is 440. The zero-order chi connectivity index (χ0) is 11.4. The van der Waals surface area contributed by atoms with Crippen LogP contribution in [0.2, 0.25) is 0 Å². The fraction of sp³-hybridized carbons (Fsp3) is 0.200. The first-order valence-electron chi connectivity index (χ1n) is 4.19. The van der Waals surface area contributed by atoms with Gasteiger partial charge in [0.25, 0.3) is 0 Å². The Morgan fingerprint density at radius 2 is 2.33 bits per heavy atom. The summed E-state index contributed by atoms with van der Waals surface area (Å²) in [6.45, 7) is 1.80. The van der Waals surface area contributed by atoms with Gasteiger partial charge in [0.15, 0.2) is 0 Å². The van der Waals surface area contributed by atoms with E-state index in [-0.39, 0.29) is 22.6 Å². The lowest BCUT2D eigenvalue weighted by Gasteiger charge is -2.05. The van der Waals surface area contributed by atoms with Crippen molar-refractivity contribution in [3.05, 3.63) is 29.1 Å². The van der Waals surface area contributed by atoms with Crippen LogP contribution in [0.3, 0.4) is 0 Å². The van der Waals surface area contributed by atoms with Crippen molar-refractivity contribution in [3.8, 4) is 6.07 Å². The zero-order valence-corrected chi connectivity index (χ0v) is 8.85. The molecule has 0 heterocycles. The van der Waals surface area contributed by atoms with Crippen LogP contribution in [-0.4, -0.2) is 12.6 Å². The molecule has 0 amide bonds. The van der Waals surface area contributed by atoms with Gasteiger partial charge in [0, 0.05) is 4.90 Å². The van der Waals surface area contributed by atoms with Crippen molar-refractivity contribution in [2.45, 2.75) is 11.8 Å². The molecule has 0 saturated heterocycles. The second-order valence-corrected chi connectivity index (χ2v) is 3.20. The maximum Gasteiger partial charge on any atom is 0.339 e. The van der Waals surface area contributed by atoms with Gasteiger partial charge in [0.2, 0.25) is 0 Å². The van der Waals surface area contributed by atoms with E-state index in [0.29, 0.717) is 0 Å². The number of nitriles is 1. The number of carbonyl (C=O) groups excluding carboxylic acids is 1. The lowest BCUT2D eigenvalue weighted by atomic mass is 10.1. The summed E-state index contributed by atoms with van der Waals surface area (Å²) in [6.07, 6.45) is 0. The van der Waals surface area contributed by atoms with Crippen LogP contribution in [0.4, 0.5) is 4.39 Å². The average molecular weight is 225 g/mol. The van der Waals surface area contributed by atoms with Gasteiger partial charge in [0.05, 0.1) is 12.2 Å². The minimum Gasteiger partial charge on any atom is -0.462 e. The maximum atomic E-state index is 13.2. The molecule has 1 aromatic rings. The molecule has 0 aliphatic rings. The molecule has 0 spiro atoms. The van der Waals surface area contributed by atoms with Crippen molar-refractivity contribution in [1.29, 1.82) is 5.26 Å². The highest BCUT2D eigenvalue weighted by molar-refractivity contribution is 7.80. The number of halogens is 1. The Labute approximate surface area is 91.9 Å². The van der Waals surface area contributed by atoms with Gasteiger partial charge in [-0.1, -0.05) is 0 Å². The summed E-state index contributed by atoms with van der Waals surface area (Å²) in [7, 11) is 0. The Kier molecular flexibility index (Phi) is 3.69. The van der Waals surface area contributed by atoms with Gasteiger partial charge in [-0.05, 0) is 19.1 Å². The maximum absolute atomic E-state index is 13.2. The van der Waals surface area contributed by atoms with Crippen LogP contribution < -0.4 is 0 Å². The van der Waals surface area contributed by atoms with Crippen molar-refractivity contribution in [3.63, 3.8) is 0 Å². The molecule has 1 rings (SSSR count). The summed E-state index contributed by atoms with van der Waals surface area (Å²) < 4.78 is 17.9. The van der Waals surface area contributed by atoms with Crippen LogP contribution in [0, 0.1) is 17.1 Å². The van der Waals surface area contributed by atoms with Crippen molar-refractivity contribution < 1.29 is 13.9 Å². The van der Waals surface area contributed by atoms with Crippen LogP contribution in [-0.2, 0) is 4.74 Å². The van der Waals surface area contributed by atoms with Crippen LogP contribution in [0.25, 0.3) is 0 Å². The van der Waals surface area contributed by atoms with E-state index in [1.54, 1.807) is 13.0 Å². The second kappa shape index (κ2) is 4.80. The first kappa shape index (κ1) is 11.5. The van der Waals surface area contributed by atoms with E-state index in [1.807, 2.05) is 0 Å². The summed E-state index contributed by atoms with van der Waals surface area (Å²) in [6, 6.07) is 4.00. The van der Waals surface area contributed by atoms with Crippen LogP contribution >= 0.6 is 12.6 Å². The van der Waals surface area contributed by atoms with Gasteiger partial charge in [-0.3, -0.25) is 0 Å². The molecular formula is C10H8FNO2S. The lowest BCUT2D eigenvalue weighted by Crippen LogP contribution is -2.08. The molecule has 0 radical (unpaired) electrons. The number of thiol groups is 1. The quantitative estimate of drug-likeness (QED) is 0.619. The standard InChI is InChI=1S/C10H8FNO2S/c1-2-14-10(13)7-3-6(15)4-9(11)8(7)5-12/h3-4,15H,2H2,1H3. The molecule has 0 N–H and O–H groups in total. The highest BCUT2D eigenvalue weighted by atomic mass is 32.1. The van der Waals surface area contributed by atoms with Gasteiger partial charge in [-0.15, -0.1) is 12.6 Å². The number of benzene rings is 1. The van der Waals surface area contributed by atoms with Crippen molar-refractivity contribution in [2.75, 3.05) is 6.61 Å². The Morgan fingerprint density at radius 3 is 2.87 bits per heavy atom. The molecule has 15 heavy (non-hydrogen) atoms. The van der Waals surface area contributed by atoms with Crippen molar-refractivity contribution >= 4 is 18.6 Å². The molecular weight excluding hydrogens is 217 g/mol. The normalized spacial score (nSPS) is 9.47. The highest BCUT2D eigenvalue weighted by Gasteiger charge is 2.17.